The molecule has 21 heavy (non-hydrogen) atoms. The van der Waals surface area contributed by atoms with Crippen molar-refractivity contribution in [2.75, 3.05) is 0 Å². The lowest BCUT2D eigenvalue weighted by molar-refractivity contribution is 0.580. The number of sulfonamides is 1. The third-order valence-electron chi connectivity index (χ3n) is 2.72. The van der Waals surface area contributed by atoms with Gasteiger partial charge in [-0.15, -0.1) is 0 Å². The van der Waals surface area contributed by atoms with E-state index < -0.39 is 10.0 Å². The number of hydrogen-bond donors (Lipinski definition) is 2. The van der Waals surface area contributed by atoms with Gasteiger partial charge in [0.15, 0.2) is 0 Å². The summed E-state index contributed by atoms with van der Waals surface area (Å²) < 4.78 is 27.2. The molecule has 2 aromatic rings. The fourth-order valence-corrected chi connectivity index (χ4v) is 3.22. The zero-order valence-corrected chi connectivity index (χ0v) is 12.9. The molecule has 3 N–H and O–H groups in total. The molecule has 0 amide bonds. The lowest BCUT2D eigenvalue weighted by Crippen LogP contribution is -2.26. The van der Waals surface area contributed by atoms with E-state index in [1.165, 1.54) is 6.07 Å². The van der Waals surface area contributed by atoms with E-state index in [4.69, 9.17) is 18.0 Å². The highest BCUT2D eigenvalue weighted by Gasteiger charge is 2.19. The summed E-state index contributed by atoms with van der Waals surface area (Å²) in [7, 11) is -3.72. The van der Waals surface area contributed by atoms with Crippen molar-refractivity contribution in [2.24, 2.45) is 5.73 Å². The third kappa shape index (κ3) is 3.81. The van der Waals surface area contributed by atoms with Gasteiger partial charge < -0.3 is 5.73 Å². The summed E-state index contributed by atoms with van der Waals surface area (Å²) in [5, 5.41) is 0. The molecule has 0 aliphatic heterocycles. The van der Waals surface area contributed by atoms with Crippen LogP contribution in [0.3, 0.4) is 0 Å². The third-order valence-corrected chi connectivity index (χ3v) is 4.40. The van der Waals surface area contributed by atoms with Gasteiger partial charge in [0.2, 0.25) is 10.0 Å². The van der Waals surface area contributed by atoms with E-state index >= 15 is 0 Å². The van der Waals surface area contributed by atoms with Gasteiger partial charge in [-0.1, -0.05) is 30.4 Å². The van der Waals surface area contributed by atoms with Crippen LogP contribution in [0.4, 0.5) is 0 Å². The number of benzene rings is 1. The van der Waals surface area contributed by atoms with E-state index in [-0.39, 0.29) is 16.4 Å². The first-order chi connectivity index (χ1) is 9.90. The highest BCUT2D eigenvalue weighted by atomic mass is 32.2. The standard InChI is InChI=1S/C13H14N4O2S2/c1-9-15-7-6-10(17-9)8-16-21(18,19)12-5-3-2-4-11(12)13(14)20/h2-7,16H,8H2,1H3,(H2,14,20). The summed E-state index contributed by atoms with van der Waals surface area (Å²) in [6.07, 6.45) is 1.58. The highest BCUT2D eigenvalue weighted by Crippen LogP contribution is 2.15. The number of nitrogens with two attached hydrogens (primary N) is 1. The van der Waals surface area contributed by atoms with Crippen LogP contribution in [0.25, 0.3) is 0 Å². The summed E-state index contributed by atoms with van der Waals surface area (Å²) in [6, 6.07) is 7.98. The number of aromatic nitrogens is 2. The Morgan fingerprint density at radius 3 is 2.71 bits per heavy atom. The predicted molar refractivity (Wildman–Crippen MR) is 83.1 cm³/mol. The topological polar surface area (TPSA) is 98.0 Å². The van der Waals surface area contributed by atoms with Crippen molar-refractivity contribution in [3.05, 3.63) is 53.6 Å². The SMILES string of the molecule is Cc1nccc(CNS(=O)(=O)c2ccccc2C(N)=S)n1. The number of hydrogen-bond acceptors (Lipinski definition) is 5. The molecule has 1 aromatic heterocycles. The Kier molecular flexibility index (Phi) is 4.61. The molecule has 0 spiro atoms. The lowest BCUT2D eigenvalue weighted by atomic mass is 10.2. The van der Waals surface area contributed by atoms with Gasteiger partial charge in [0.25, 0.3) is 0 Å². The fraction of sp³-hybridized carbons (Fsp3) is 0.154. The van der Waals surface area contributed by atoms with Crippen LogP contribution in [-0.4, -0.2) is 23.4 Å². The van der Waals surface area contributed by atoms with E-state index in [0.717, 1.165) is 0 Å². The van der Waals surface area contributed by atoms with Crippen LogP contribution < -0.4 is 10.5 Å². The van der Waals surface area contributed by atoms with Crippen molar-refractivity contribution < 1.29 is 8.42 Å². The second kappa shape index (κ2) is 6.25. The Hall–Kier alpha value is -1.90. The zero-order valence-electron chi connectivity index (χ0n) is 11.3. The van der Waals surface area contributed by atoms with E-state index in [1.807, 2.05) is 0 Å². The minimum absolute atomic E-state index is 0.0360. The second-order valence-corrected chi connectivity index (χ2v) is 6.46. The van der Waals surface area contributed by atoms with Crippen LogP contribution in [0, 0.1) is 6.92 Å². The number of aryl methyl sites for hydroxylation is 1. The first-order valence-electron chi connectivity index (χ1n) is 6.07. The summed E-state index contributed by atoms with van der Waals surface area (Å²) in [6.45, 7) is 1.80. The first-order valence-corrected chi connectivity index (χ1v) is 7.96. The molecule has 110 valence electrons. The Balaban J connectivity index is 2.25. The summed E-state index contributed by atoms with van der Waals surface area (Å²) in [5.41, 5.74) is 6.46. The van der Waals surface area contributed by atoms with Crippen molar-refractivity contribution in [1.82, 2.24) is 14.7 Å². The molecule has 0 saturated heterocycles. The van der Waals surface area contributed by atoms with Gasteiger partial charge in [-0.05, 0) is 19.1 Å². The maximum atomic E-state index is 12.3. The fourth-order valence-electron chi connectivity index (χ4n) is 1.75. The van der Waals surface area contributed by atoms with E-state index in [1.54, 1.807) is 37.4 Å². The largest absolute Gasteiger partial charge is 0.389 e. The van der Waals surface area contributed by atoms with Crippen LogP contribution in [0.2, 0.25) is 0 Å². The lowest BCUT2D eigenvalue weighted by Gasteiger charge is -2.10. The van der Waals surface area contributed by atoms with Crippen molar-refractivity contribution in [2.45, 2.75) is 18.4 Å². The number of rotatable bonds is 5. The Morgan fingerprint density at radius 2 is 2.05 bits per heavy atom. The molecule has 0 unspecified atom stereocenters. The van der Waals surface area contributed by atoms with Crippen molar-refractivity contribution in [3.63, 3.8) is 0 Å². The maximum absolute atomic E-state index is 12.3. The van der Waals surface area contributed by atoms with Crippen LogP contribution in [-0.2, 0) is 16.6 Å². The number of nitrogens with zero attached hydrogens (tertiary/aromatic N) is 2. The van der Waals surface area contributed by atoms with Gasteiger partial charge in [-0.3, -0.25) is 0 Å². The van der Waals surface area contributed by atoms with Gasteiger partial charge in [0.05, 0.1) is 17.1 Å². The van der Waals surface area contributed by atoms with Crippen molar-refractivity contribution in [1.29, 1.82) is 0 Å². The first kappa shape index (κ1) is 15.5. The van der Waals surface area contributed by atoms with Gasteiger partial charge in [0.1, 0.15) is 10.8 Å². The minimum atomic E-state index is -3.72. The van der Waals surface area contributed by atoms with Crippen molar-refractivity contribution >= 4 is 27.2 Å². The quantitative estimate of drug-likeness (QED) is 0.794. The molecule has 0 atom stereocenters. The van der Waals surface area contributed by atoms with Gasteiger partial charge in [-0.2, -0.15) is 0 Å². The normalized spacial score (nSPS) is 11.3. The molecule has 0 bridgehead atoms. The second-order valence-electron chi connectivity index (χ2n) is 4.28. The average Bonchev–Trinajstić information content (AvgIpc) is 2.45. The smallest absolute Gasteiger partial charge is 0.241 e. The molecule has 1 aromatic carbocycles. The monoisotopic (exact) mass is 322 g/mol. The summed E-state index contributed by atoms with van der Waals surface area (Å²) >= 11 is 4.88. The van der Waals surface area contributed by atoms with Gasteiger partial charge >= 0.3 is 0 Å². The number of thiocarbonyl (C=S) groups is 1. The summed E-state index contributed by atoms with van der Waals surface area (Å²) in [4.78, 5) is 8.19. The Morgan fingerprint density at radius 1 is 1.33 bits per heavy atom. The van der Waals surface area contributed by atoms with Crippen LogP contribution in [0.1, 0.15) is 17.1 Å². The van der Waals surface area contributed by atoms with Gasteiger partial charge in [0, 0.05) is 11.8 Å². The molecule has 2 rings (SSSR count). The van der Waals surface area contributed by atoms with Crippen LogP contribution >= 0.6 is 12.2 Å². The molecule has 0 aliphatic carbocycles. The molecule has 0 fully saturated rings. The van der Waals surface area contributed by atoms with E-state index in [0.29, 0.717) is 17.1 Å². The Labute approximate surface area is 128 Å². The molecule has 6 nitrogen and oxygen atoms in total. The van der Waals surface area contributed by atoms with E-state index in [2.05, 4.69) is 14.7 Å². The molecule has 0 radical (unpaired) electrons. The van der Waals surface area contributed by atoms with Crippen LogP contribution in [0.15, 0.2) is 41.4 Å². The molecule has 0 aliphatic rings. The van der Waals surface area contributed by atoms with Gasteiger partial charge in [-0.25, -0.2) is 23.1 Å². The molecule has 1 heterocycles. The summed E-state index contributed by atoms with van der Waals surface area (Å²) in [5.74, 6) is 0.579. The highest BCUT2D eigenvalue weighted by molar-refractivity contribution is 7.89. The minimum Gasteiger partial charge on any atom is -0.389 e. The predicted octanol–water partition coefficient (Wildman–Crippen LogP) is 0.898. The molecular formula is C13H14N4O2S2. The van der Waals surface area contributed by atoms with Crippen molar-refractivity contribution in [3.8, 4) is 0 Å². The number of nitrogens with one attached hydrogen (secondary N) is 1. The zero-order chi connectivity index (χ0) is 15.5. The Bertz CT molecular complexity index is 775. The average molecular weight is 322 g/mol. The molecular weight excluding hydrogens is 308 g/mol. The van der Waals surface area contributed by atoms with E-state index in [9.17, 15) is 8.42 Å². The maximum Gasteiger partial charge on any atom is 0.241 e. The molecule has 0 saturated carbocycles. The van der Waals surface area contributed by atoms with Crippen LogP contribution in [0.5, 0.6) is 0 Å². The molecule has 8 heteroatoms.